The van der Waals surface area contributed by atoms with Gasteiger partial charge in [-0.25, -0.2) is 4.98 Å². The second-order valence-corrected chi connectivity index (χ2v) is 6.58. The summed E-state index contributed by atoms with van der Waals surface area (Å²) in [6, 6.07) is 2.89. The number of fused-ring (bicyclic) bond motifs is 2. The highest BCUT2D eigenvalue weighted by Crippen LogP contribution is 2.37. The van der Waals surface area contributed by atoms with E-state index in [0.29, 0.717) is 35.8 Å². The van der Waals surface area contributed by atoms with Crippen LogP contribution in [0, 0.1) is 5.92 Å². The number of hydrogen-bond donors (Lipinski definition) is 2. The van der Waals surface area contributed by atoms with Crippen molar-refractivity contribution in [3.8, 4) is 0 Å². The molecule has 1 amide bonds. The number of nitrogens with zero attached hydrogens (tertiary/aromatic N) is 2. The zero-order chi connectivity index (χ0) is 15.0. The molecule has 2 saturated heterocycles. The topological polar surface area (TPSA) is 71.2 Å². The molecule has 1 aromatic heterocycles. The van der Waals surface area contributed by atoms with Gasteiger partial charge >= 0.3 is 0 Å². The maximum Gasteiger partial charge on any atom is 0.253 e. The molecule has 2 fully saturated rings. The standard InChI is InChI=1S/C15H21ClN4O/c1-20-10-2-3-11(20)5-9(4-10)7-19-15(21)12-6-14(16)18-8-13(12)17/h6,8-11H,2-5,7,17H2,1H3,(H,19,21). The Hall–Kier alpha value is -1.33. The molecule has 3 N–H and O–H groups in total. The molecule has 3 rings (SSSR count). The molecule has 3 heterocycles. The Morgan fingerprint density at radius 2 is 2.14 bits per heavy atom. The molecule has 0 aliphatic carbocycles. The molecule has 5 nitrogen and oxygen atoms in total. The number of anilines is 1. The summed E-state index contributed by atoms with van der Waals surface area (Å²) in [5.74, 6) is 0.393. The van der Waals surface area contributed by atoms with Gasteiger partial charge in [0.1, 0.15) is 5.15 Å². The first-order valence-corrected chi connectivity index (χ1v) is 7.83. The summed E-state index contributed by atoms with van der Waals surface area (Å²) in [7, 11) is 2.22. The minimum Gasteiger partial charge on any atom is -0.397 e. The Balaban J connectivity index is 1.58. The number of halogens is 1. The van der Waals surface area contributed by atoms with E-state index in [4.69, 9.17) is 17.3 Å². The van der Waals surface area contributed by atoms with E-state index in [-0.39, 0.29) is 11.1 Å². The second-order valence-electron chi connectivity index (χ2n) is 6.19. The molecule has 0 aromatic carbocycles. The van der Waals surface area contributed by atoms with Crippen molar-refractivity contribution in [3.63, 3.8) is 0 Å². The SMILES string of the molecule is CN1C2CCC1CC(CNC(=O)c1cc(Cl)ncc1N)C2. The van der Waals surface area contributed by atoms with Crippen molar-refractivity contribution in [1.82, 2.24) is 15.2 Å². The Morgan fingerprint density at radius 1 is 1.48 bits per heavy atom. The predicted molar refractivity (Wildman–Crippen MR) is 83.3 cm³/mol. The second kappa shape index (κ2) is 5.81. The average molecular weight is 309 g/mol. The fraction of sp³-hybridized carbons (Fsp3) is 0.600. The number of piperidine rings is 1. The van der Waals surface area contributed by atoms with E-state index in [1.54, 1.807) is 0 Å². The lowest BCUT2D eigenvalue weighted by molar-refractivity contribution is 0.0918. The number of hydrogen-bond acceptors (Lipinski definition) is 4. The zero-order valence-corrected chi connectivity index (χ0v) is 12.9. The van der Waals surface area contributed by atoms with Crippen molar-refractivity contribution >= 4 is 23.2 Å². The van der Waals surface area contributed by atoms with Gasteiger partial charge < -0.3 is 16.0 Å². The van der Waals surface area contributed by atoms with E-state index in [1.807, 2.05) is 0 Å². The molecular formula is C15H21ClN4O. The van der Waals surface area contributed by atoms with Crippen molar-refractivity contribution in [2.75, 3.05) is 19.3 Å². The molecule has 0 radical (unpaired) electrons. The highest BCUT2D eigenvalue weighted by molar-refractivity contribution is 6.29. The average Bonchev–Trinajstić information content (AvgIpc) is 2.69. The summed E-state index contributed by atoms with van der Waals surface area (Å²) < 4.78 is 0. The summed E-state index contributed by atoms with van der Waals surface area (Å²) in [5, 5.41) is 3.28. The molecule has 114 valence electrons. The van der Waals surface area contributed by atoms with Crippen LogP contribution in [0.1, 0.15) is 36.0 Å². The van der Waals surface area contributed by atoms with Gasteiger partial charge in [-0.1, -0.05) is 11.6 Å². The van der Waals surface area contributed by atoms with E-state index in [0.717, 1.165) is 0 Å². The molecule has 0 saturated carbocycles. The molecule has 2 unspecified atom stereocenters. The fourth-order valence-corrected chi connectivity index (χ4v) is 3.82. The largest absolute Gasteiger partial charge is 0.397 e. The number of nitrogens with one attached hydrogen (secondary N) is 1. The molecule has 2 atom stereocenters. The van der Waals surface area contributed by atoms with Crippen LogP contribution in [0.5, 0.6) is 0 Å². The van der Waals surface area contributed by atoms with Crippen LogP contribution in [0.25, 0.3) is 0 Å². The number of nitrogens with two attached hydrogens (primary N) is 1. The quantitative estimate of drug-likeness (QED) is 0.837. The van der Waals surface area contributed by atoms with Crippen molar-refractivity contribution < 1.29 is 4.79 Å². The highest BCUT2D eigenvalue weighted by atomic mass is 35.5. The van der Waals surface area contributed by atoms with E-state index in [2.05, 4.69) is 22.2 Å². The predicted octanol–water partition coefficient (Wildman–Crippen LogP) is 1.92. The number of nitrogen functional groups attached to an aromatic ring is 1. The molecule has 2 aliphatic rings. The summed E-state index contributed by atoms with van der Waals surface area (Å²) >= 11 is 5.82. The number of carbonyl (C=O) groups is 1. The third-order valence-corrected chi connectivity index (χ3v) is 5.10. The van der Waals surface area contributed by atoms with Gasteiger partial charge in [0.2, 0.25) is 0 Å². The Morgan fingerprint density at radius 3 is 2.81 bits per heavy atom. The molecule has 6 heteroatoms. The lowest BCUT2D eigenvalue weighted by Crippen LogP contribution is -2.43. The van der Waals surface area contributed by atoms with Gasteiger partial charge in [0, 0.05) is 18.6 Å². The molecular weight excluding hydrogens is 288 g/mol. The molecule has 2 aliphatic heterocycles. The van der Waals surface area contributed by atoms with Gasteiger partial charge in [0.15, 0.2) is 0 Å². The van der Waals surface area contributed by atoms with Gasteiger partial charge in [-0.05, 0) is 44.7 Å². The Kier molecular flexibility index (Phi) is 4.04. The lowest BCUT2D eigenvalue weighted by atomic mass is 9.91. The van der Waals surface area contributed by atoms with Gasteiger partial charge in [0.25, 0.3) is 5.91 Å². The Bertz CT molecular complexity index is 536. The number of amides is 1. The van der Waals surface area contributed by atoms with Gasteiger partial charge in [-0.15, -0.1) is 0 Å². The van der Waals surface area contributed by atoms with Crippen LogP contribution in [0.3, 0.4) is 0 Å². The van der Waals surface area contributed by atoms with Crippen molar-refractivity contribution in [2.24, 2.45) is 5.92 Å². The van der Waals surface area contributed by atoms with Crippen LogP contribution in [0.4, 0.5) is 5.69 Å². The number of aromatic nitrogens is 1. The fourth-order valence-electron chi connectivity index (χ4n) is 3.66. The molecule has 1 aromatic rings. The number of rotatable bonds is 3. The van der Waals surface area contributed by atoms with Crippen LogP contribution in [0.15, 0.2) is 12.3 Å². The first kappa shape index (κ1) is 14.6. The normalized spacial score (nSPS) is 28.6. The number of carbonyl (C=O) groups excluding carboxylic acids is 1. The molecule has 2 bridgehead atoms. The van der Waals surface area contributed by atoms with Crippen molar-refractivity contribution in [3.05, 3.63) is 23.0 Å². The minimum atomic E-state index is -0.164. The van der Waals surface area contributed by atoms with E-state index in [1.165, 1.54) is 37.9 Å². The van der Waals surface area contributed by atoms with Crippen LogP contribution >= 0.6 is 11.6 Å². The Labute approximate surface area is 129 Å². The highest BCUT2D eigenvalue weighted by Gasteiger charge is 2.38. The van der Waals surface area contributed by atoms with Gasteiger partial charge in [-0.3, -0.25) is 4.79 Å². The van der Waals surface area contributed by atoms with Gasteiger partial charge in [0.05, 0.1) is 17.4 Å². The van der Waals surface area contributed by atoms with Crippen LogP contribution in [-0.2, 0) is 0 Å². The zero-order valence-electron chi connectivity index (χ0n) is 12.2. The summed E-state index contributed by atoms with van der Waals surface area (Å²) in [6.07, 6.45) is 6.34. The first-order valence-electron chi connectivity index (χ1n) is 7.45. The van der Waals surface area contributed by atoms with E-state index in [9.17, 15) is 4.79 Å². The maximum absolute atomic E-state index is 12.2. The molecule has 0 spiro atoms. The summed E-state index contributed by atoms with van der Waals surface area (Å²) in [6.45, 7) is 0.707. The van der Waals surface area contributed by atoms with Crippen LogP contribution in [0.2, 0.25) is 5.15 Å². The molecule has 21 heavy (non-hydrogen) atoms. The van der Waals surface area contributed by atoms with Crippen molar-refractivity contribution in [1.29, 1.82) is 0 Å². The monoisotopic (exact) mass is 308 g/mol. The minimum absolute atomic E-state index is 0.164. The summed E-state index contributed by atoms with van der Waals surface area (Å²) in [5.41, 5.74) is 6.55. The van der Waals surface area contributed by atoms with E-state index >= 15 is 0 Å². The lowest BCUT2D eigenvalue weighted by Gasteiger charge is -2.36. The van der Waals surface area contributed by atoms with Crippen molar-refractivity contribution in [2.45, 2.75) is 37.8 Å². The third kappa shape index (κ3) is 2.99. The maximum atomic E-state index is 12.2. The summed E-state index contributed by atoms with van der Waals surface area (Å²) in [4.78, 5) is 18.6. The van der Waals surface area contributed by atoms with Crippen LogP contribution in [-0.4, -0.2) is 41.5 Å². The smallest absolute Gasteiger partial charge is 0.253 e. The number of pyridine rings is 1. The van der Waals surface area contributed by atoms with Gasteiger partial charge in [-0.2, -0.15) is 0 Å². The first-order chi connectivity index (χ1) is 10.0. The third-order valence-electron chi connectivity index (χ3n) is 4.89. The van der Waals surface area contributed by atoms with E-state index < -0.39 is 0 Å². The van der Waals surface area contributed by atoms with Crippen LogP contribution < -0.4 is 11.1 Å².